The van der Waals surface area contributed by atoms with E-state index in [1.807, 2.05) is 78.8 Å². The van der Waals surface area contributed by atoms with Crippen molar-refractivity contribution in [2.75, 3.05) is 56.0 Å². The van der Waals surface area contributed by atoms with Gasteiger partial charge in [-0.25, -0.2) is 13.7 Å². The number of nitrogen functional groups attached to an aromatic ring is 1. The number of nitrogens with two attached hydrogens (primary N) is 1. The highest BCUT2D eigenvalue weighted by Crippen LogP contribution is 2.66. The number of anilines is 2. The molecule has 7 rings (SSSR count). The number of likely N-dealkylation sites (N-methyl/N-ethyl adjacent to an activating group) is 1. The van der Waals surface area contributed by atoms with Crippen LogP contribution in [0.15, 0.2) is 106 Å². The fourth-order valence-corrected chi connectivity index (χ4v) is 16.7. The second kappa shape index (κ2) is 29.1. The number of rotatable bonds is 30. The number of H-pyrrole nitrogens is 1. The summed E-state index contributed by atoms with van der Waals surface area (Å²) in [6.07, 6.45) is 11.8. The smallest absolute Gasteiger partial charge is 0.371 e. The van der Waals surface area contributed by atoms with Crippen LogP contribution in [0.25, 0.3) is 11.0 Å². The van der Waals surface area contributed by atoms with E-state index >= 15 is 0 Å². The Morgan fingerprint density at radius 3 is 2.33 bits per heavy atom. The van der Waals surface area contributed by atoms with Crippen LogP contribution in [0.5, 0.6) is 0 Å². The number of amides is 1. The number of phosphoric acid groups is 3. The molecule has 2 aromatic carbocycles. The van der Waals surface area contributed by atoms with Crippen molar-refractivity contribution in [2.45, 2.75) is 124 Å². The topological polar surface area (TPSA) is 408 Å². The Labute approximate surface area is 528 Å². The van der Waals surface area contributed by atoms with Gasteiger partial charge in [-0.2, -0.15) is 35.0 Å². The summed E-state index contributed by atoms with van der Waals surface area (Å²) in [6, 6.07) is 9.18. The van der Waals surface area contributed by atoms with E-state index in [2.05, 4.69) is 51.8 Å². The molecule has 28 nitrogen and oxygen atoms in total. The second-order valence-corrected chi connectivity index (χ2v) is 32.7. The first-order valence-corrected chi connectivity index (χ1v) is 37.5. The highest BCUT2D eigenvalue weighted by atomic mass is 33.1. The van der Waals surface area contributed by atoms with Crippen LogP contribution in [0.1, 0.15) is 103 Å². The molecule has 1 fully saturated rings. The van der Waals surface area contributed by atoms with Crippen molar-refractivity contribution < 1.29 is 95.9 Å². The maximum Gasteiger partial charge on any atom is 0.490 e. The van der Waals surface area contributed by atoms with Gasteiger partial charge in [-0.05, 0) is 89.4 Å². The molecule has 1 amide bonds. The molecule has 0 bridgehead atoms. The summed E-state index contributed by atoms with van der Waals surface area (Å²) >= 11 is 0. The van der Waals surface area contributed by atoms with E-state index in [4.69, 9.17) is 34.3 Å². The van der Waals surface area contributed by atoms with E-state index in [0.29, 0.717) is 45.3 Å². The minimum atomic E-state index is -5.79. The lowest BCUT2D eigenvalue weighted by Crippen LogP contribution is -2.35. The zero-order valence-electron chi connectivity index (χ0n) is 50.1. The van der Waals surface area contributed by atoms with Gasteiger partial charge in [-0.1, -0.05) is 71.6 Å². The SMILES string of the molecule is C=CCOC1C[C@H](n2cc(C#CCOCSSC(C)(C)CNC(=O)CCCCC[N+]3=C(/C=C/C=C/C=C4/N(CC)c5ccc(S(=O)(=O)O)cc5C4(C)C)C(C)(C)c4cc(S(=O)(=O)O)ccc43)c3c(=O)[nH]c(N)nc32)O[C@@H]1COP(=O)(O)OP(=O)(O)OP(=O)(O)O. The Balaban J connectivity index is 0.894. The molecule has 0 spiro atoms. The molecule has 0 radical (unpaired) electrons. The lowest BCUT2D eigenvalue weighted by atomic mass is 9.81. The van der Waals surface area contributed by atoms with E-state index in [1.54, 1.807) is 12.1 Å². The predicted octanol–water partition coefficient (Wildman–Crippen LogP) is 8.05. The molecule has 1 saturated heterocycles. The van der Waals surface area contributed by atoms with Crippen molar-refractivity contribution in [1.29, 1.82) is 0 Å². The van der Waals surface area contributed by atoms with Crippen molar-refractivity contribution in [3.05, 3.63) is 118 Å². The van der Waals surface area contributed by atoms with E-state index in [1.165, 1.54) is 62.7 Å². The summed E-state index contributed by atoms with van der Waals surface area (Å²) in [5.74, 6) is 5.66. The van der Waals surface area contributed by atoms with Gasteiger partial charge in [-0.3, -0.25) is 28.2 Å². The van der Waals surface area contributed by atoms with Crippen LogP contribution >= 0.6 is 45.1 Å². The molecule has 90 heavy (non-hydrogen) atoms. The van der Waals surface area contributed by atoms with Gasteiger partial charge < -0.3 is 54.3 Å². The zero-order valence-corrected chi connectivity index (χ0v) is 56.0. The third-order valence-corrected chi connectivity index (χ3v) is 23.1. The molecule has 3 aliphatic rings. The number of carbonyl (C=O) groups is 1. The molecule has 0 saturated carbocycles. The van der Waals surface area contributed by atoms with Crippen LogP contribution in [-0.2, 0) is 76.9 Å². The highest BCUT2D eigenvalue weighted by molar-refractivity contribution is 8.77. The van der Waals surface area contributed by atoms with Crippen molar-refractivity contribution in [3.8, 4) is 11.8 Å². The van der Waals surface area contributed by atoms with Gasteiger partial charge in [0.05, 0.1) is 45.5 Å². The van der Waals surface area contributed by atoms with Crippen LogP contribution in [0.2, 0.25) is 0 Å². The molecule has 10 N–H and O–H groups in total. The van der Waals surface area contributed by atoms with Gasteiger partial charge in [0.25, 0.3) is 25.8 Å². The van der Waals surface area contributed by atoms with E-state index in [0.717, 1.165) is 33.9 Å². The number of ether oxygens (including phenoxy) is 3. The Hall–Kier alpha value is -5.07. The summed E-state index contributed by atoms with van der Waals surface area (Å²) in [5, 5.41) is 3.08. The van der Waals surface area contributed by atoms with E-state index in [9.17, 15) is 59.0 Å². The van der Waals surface area contributed by atoms with Gasteiger partial charge >= 0.3 is 23.5 Å². The van der Waals surface area contributed by atoms with Gasteiger partial charge in [0.2, 0.25) is 17.5 Å². The second-order valence-electron chi connectivity index (χ2n) is 22.5. The Kier molecular flexibility index (Phi) is 23.4. The Morgan fingerprint density at radius 2 is 1.67 bits per heavy atom. The van der Waals surface area contributed by atoms with Crippen molar-refractivity contribution in [3.63, 3.8) is 0 Å². The largest absolute Gasteiger partial charge is 0.490 e. The predicted molar refractivity (Wildman–Crippen MR) is 339 cm³/mol. The molecule has 5 heterocycles. The summed E-state index contributed by atoms with van der Waals surface area (Å²) in [7, 11) is -22.9. The molecule has 3 unspecified atom stereocenters. The lowest BCUT2D eigenvalue weighted by Gasteiger charge is -2.25. The molecule has 0 aliphatic carbocycles. The minimum absolute atomic E-state index is 0.0175. The fourth-order valence-electron chi connectivity index (χ4n) is 10.5. The number of hydrogen-bond acceptors (Lipinski definition) is 20. The zero-order chi connectivity index (χ0) is 66.4. The van der Waals surface area contributed by atoms with Gasteiger partial charge in [0.15, 0.2) is 11.4 Å². The number of allylic oxidation sites excluding steroid dienone is 6. The minimum Gasteiger partial charge on any atom is -0.371 e. The lowest BCUT2D eigenvalue weighted by molar-refractivity contribution is -0.438. The summed E-state index contributed by atoms with van der Waals surface area (Å²) in [5.41, 5.74) is 9.28. The monoisotopic (exact) mass is 1390 g/mol. The van der Waals surface area contributed by atoms with Gasteiger partial charge in [0.1, 0.15) is 31.4 Å². The number of hydrogen-bond donors (Lipinski definition) is 9. The van der Waals surface area contributed by atoms with Crippen LogP contribution < -0.4 is 21.5 Å². The van der Waals surface area contributed by atoms with Crippen molar-refractivity contribution in [1.82, 2.24) is 19.9 Å². The molecule has 35 heteroatoms. The fraction of sp³-hybridized carbons (Fsp3) is 0.455. The first-order chi connectivity index (χ1) is 41.9. The first-order valence-electron chi connectivity index (χ1n) is 27.8. The number of phosphoric ester groups is 1. The third kappa shape index (κ3) is 18.4. The molecule has 2 aromatic heterocycles. The number of nitrogens with one attached hydrogen (secondary N) is 2. The number of carbonyl (C=O) groups excluding carboxylic acids is 1. The van der Waals surface area contributed by atoms with E-state index < -0.39 is 89.9 Å². The Morgan fingerprint density at radius 1 is 0.978 bits per heavy atom. The molecule has 3 aliphatic heterocycles. The van der Waals surface area contributed by atoms with Crippen LogP contribution in [-0.4, -0.2) is 139 Å². The maximum absolute atomic E-state index is 13.2. The Bertz CT molecular complexity index is 4040. The van der Waals surface area contributed by atoms with E-state index in [-0.39, 0.29) is 63.8 Å². The normalized spacial score (nSPS) is 20.2. The molecular weight excluding hydrogens is 1320 g/mol. The highest BCUT2D eigenvalue weighted by Gasteiger charge is 2.47. The van der Waals surface area contributed by atoms with Crippen LogP contribution in [0, 0.1) is 11.8 Å². The molecule has 5 atom stereocenters. The average Bonchev–Trinajstić information content (AvgIpc) is 1.69. The maximum atomic E-state index is 13.2. The van der Waals surface area contributed by atoms with Crippen LogP contribution in [0.3, 0.4) is 0 Å². The number of unbranched alkanes of at least 4 members (excludes halogenated alkanes) is 2. The van der Waals surface area contributed by atoms with Gasteiger partial charge in [-0.15, -0.1) is 6.58 Å². The first kappa shape index (κ1) is 72.4. The number of aromatic amines is 1. The summed E-state index contributed by atoms with van der Waals surface area (Å²) < 4.78 is 137. The third-order valence-electron chi connectivity index (χ3n) is 14.6. The molecule has 492 valence electrons. The summed E-state index contributed by atoms with van der Waals surface area (Å²) in [6.45, 7) is 18.2. The number of aromatic nitrogens is 3. The quantitative estimate of drug-likeness (QED) is 0.00274. The molecule has 4 aromatic rings. The number of nitrogens with zero attached hydrogens (tertiary/aromatic N) is 4. The van der Waals surface area contributed by atoms with Crippen molar-refractivity contribution >= 4 is 105 Å². The van der Waals surface area contributed by atoms with Crippen LogP contribution in [0.4, 0.5) is 17.3 Å². The summed E-state index contributed by atoms with van der Waals surface area (Å²) in [4.78, 5) is 72.0. The average molecular weight is 1390 g/mol. The number of fused-ring (bicyclic) bond motifs is 3. The van der Waals surface area contributed by atoms with Gasteiger partial charge in [0, 0.05) is 77.8 Å². The number of benzene rings is 2. The van der Waals surface area contributed by atoms with Crippen molar-refractivity contribution in [2.24, 2.45) is 0 Å². The standard InChI is InChI=1S/C55H72N7O21P3S4/c1-9-27-79-43-31-48(81-44(43)33-80-85(68,69)83-86(70,71)82-84(65,66)67)62-32-36(49-50(62)58-52(56)59-51(49)64)18-17-28-78-35-87-88-53(3,4)34-57-47(63)21-15-12-16-26-61-42-25-23-38(90(75,76)77)30-40(42)55(7,8)46(61)20-14-11-13-19-45-54(5,6)39-29-37(89(72,73)74)22-24-41(39)60(45)10-2/h9,11,13-14,19-20,22-25,29-30,32,43-44,48H,1,10,12,15-16,21,26-28,31,33-35H2,2-8H3,(H9-,56,57,58,59,63,64,65,66,67,68,69,70,71,72,73,74,75,76,77)/p+1/t43?,44-,48-/m1/s1. The molecular formula is C55H73N7O21P3S4+.